The summed E-state index contributed by atoms with van der Waals surface area (Å²) in [6.07, 6.45) is 1.75. The molecule has 0 unspecified atom stereocenters. The van der Waals surface area contributed by atoms with Crippen molar-refractivity contribution in [3.63, 3.8) is 0 Å². The van der Waals surface area contributed by atoms with E-state index in [1.165, 1.54) is 16.7 Å². The van der Waals surface area contributed by atoms with Crippen molar-refractivity contribution in [2.75, 3.05) is 20.2 Å². The molecule has 0 radical (unpaired) electrons. The Labute approximate surface area is 96.8 Å². The van der Waals surface area contributed by atoms with Gasteiger partial charge in [0, 0.05) is 0 Å². The fourth-order valence-corrected chi connectivity index (χ4v) is 1.62. The third-order valence-electron chi connectivity index (χ3n) is 2.70. The van der Waals surface area contributed by atoms with Crippen molar-refractivity contribution in [2.24, 2.45) is 0 Å². The van der Waals surface area contributed by atoms with Crippen molar-refractivity contribution < 1.29 is 9.53 Å². The number of carbonyl (C=O) groups is 1. The van der Waals surface area contributed by atoms with Crippen LogP contribution in [0.1, 0.15) is 16.7 Å². The molecule has 0 saturated carbocycles. The maximum Gasteiger partial charge on any atom is 0.133 e. The van der Waals surface area contributed by atoms with Gasteiger partial charge in [-0.15, -0.1) is 0 Å². The van der Waals surface area contributed by atoms with E-state index in [9.17, 15) is 4.79 Å². The van der Waals surface area contributed by atoms with Crippen LogP contribution in [0, 0.1) is 13.8 Å². The van der Waals surface area contributed by atoms with Gasteiger partial charge in [-0.3, -0.25) is 0 Å². The van der Waals surface area contributed by atoms with E-state index in [0.29, 0.717) is 6.54 Å². The summed E-state index contributed by atoms with van der Waals surface area (Å²) in [5.74, 6) is 0.927. The first kappa shape index (κ1) is 12.7. The lowest BCUT2D eigenvalue weighted by molar-refractivity contribution is -0.107. The highest BCUT2D eigenvalue weighted by Gasteiger charge is 2.05. The van der Waals surface area contributed by atoms with Crippen LogP contribution < -0.4 is 10.1 Å². The van der Waals surface area contributed by atoms with E-state index in [1.807, 2.05) is 0 Å². The second-order valence-electron chi connectivity index (χ2n) is 3.87. The first-order valence-electron chi connectivity index (χ1n) is 5.47. The SMILES string of the molecule is COc1cc(C)c(C)cc1CCNCC=O. The summed E-state index contributed by atoms with van der Waals surface area (Å²) in [7, 11) is 1.69. The molecule has 0 heterocycles. The summed E-state index contributed by atoms with van der Waals surface area (Å²) in [4.78, 5) is 10.2. The first-order valence-corrected chi connectivity index (χ1v) is 5.47. The molecule has 0 saturated heterocycles. The number of aryl methyl sites for hydroxylation is 2. The standard InChI is InChI=1S/C13H19NO2/c1-10-8-12(4-5-14-6-7-15)13(16-3)9-11(10)2/h7-9,14H,4-6H2,1-3H3. The van der Waals surface area contributed by atoms with Crippen molar-refractivity contribution >= 4 is 6.29 Å². The molecule has 3 nitrogen and oxygen atoms in total. The lowest BCUT2D eigenvalue weighted by Crippen LogP contribution is -2.19. The molecule has 0 atom stereocenters. The molecule has 16 heavy (non-hydrogen) atoms. The molecule has 0 spiro atoms. The van der Waals surface area contributed by atoms with Crippen molar-refractivity contribution in [3.05, 3.63) is 28.8 Å². The number of nitrogens with one attached hydrogen (secondary N) is 1. The molecule has 88 valence electrons. The quantitative estimate of drug-likeness (QED) is 0.586. The predicted octanol–water partition coefficient (Wildman–Crippen LogP) is 1.64. The van der Waals surface area contributed by atoms with Gasteiger partial charge in [0.2, 0.25) is 0 Å². The van der Waals surface area contributed by atoms with Gasteiger partial charge in [-0.05, 0) is 49.6 Å². The molecule has 1 aromatic carbocycles. The molecule has 0 aliphatic heterocycles. The third kappa shape index (κ3) is 3.35. The second kappa shape index (κ2) is 6.28. The lowest BCUT2D eigenvalue weighted by Gasteiger charge is -2.11. The Morgan fingerprint density at radius 3 is 2.62 bits per heavy atom. The van der Waals surface area contributed by atoms with Crippen LogP contribution in [0.3, 0.4) is 0 Å². The zero-order valence-corrected chi connectivity index (χ0v) is 10.2. The molecule has 0 bridgehead atoms. The van der Waals surface area contributed by atoms with Crippen molar-refractivity contribution in [1.29, 1.82) is 0 Å². The number of rotatable bonds is 6. The molecule has 1 aromatic rings. The Morgan fingerprint density at radius 2 is 2.00 bits per heavy atom. The van der Waals surface area contributed by atoms with Gasteiger partial charge >= 0.3 is 0 Å². The van der Waals surface area contributed by atoms with Gasteiger partial charge < -0.3 is 14.8 Å². The topological polar surface area (TPSA) is 38.3 Å². The fourth-order valence-electron chi connectivity index (χ4n) is 1.62. The average Bonchev–Trinajstić information content (AvgIpc) is 2.28. The zero-order valence-electron chi connectivity index (χ0n) is 10.2. The summed E-state index contributed by atoms with van der Waals surface area (Å²) < 4.78 is 5.34. The highest BCUT2D eigenvalue weighted by molar-refractivity contribution is 5.51. The zero-order chi connectivity index (χ0) is 12.0. The normalized spacial score (nSPS) is 10.2. The summed E-state index contributed by atoms with van der Waals surface area (Å²) in [5, 5.41) is 3.05. The number of hydrogen-bond acceptors (Lipinski definition) is 3. The van der Waals surface area contributed by atoms with Crippen LogP contribution in [-0.2, 0) is 11.2 Å². The van der Waals surface area contributed by atoms with E-state index in [1.54, 1.807) is 7.11 Å². The van der Waals surface area contributed by atoms with Gasteiger partial charge in [0.25, 0.3) is 0 Å². The van der Waals surface area contributed by atoms with E-state index in [4.69, 9.17) is 4.74 Å². The monoisotopic (exact) mass is 221 g/mol. The Morgan fingerprint density at radius 1 is 1.31 bits per heavy atom. The molecular weight excluding hydrogens is 202 g/mol. The Balaban J connectivity index is 2.70. The first-order chi connectivity index (χ1) is 7.69. The number of methoxy groups -OCH3 is 1. The minimum atomic E-state index is 0.410. The van der Waals surface area contributed by atoms with Crippen LogP contribution in [0.25, 0.3) is 0 Å². The Bertz CT molecular complexity index is 361. The molecule has 0 fully saturated rings. The fraction of sp³-hybridized carbons (Fsp3) is 0.462. The Hall–Kier alpha value is -1.35. The highest BCUT2D eigenvalue weighted by atomic mass is 16.5. The lowest BCUT2D eigenvalue weighted by atomic mass is 10.0. The van der Waals surface area contributed by atoms with Gasteiger partial charge in [-0.1, -0.05) is 6.07 Å². The number of benzene rings is 1. The third-order valence-corrected chi connectivity index (χ3v) is 2.70. The van der Waals surface area contributed by atoms with Gasteiger partial charge in [0.15, 0.2) is 0 Å². The van der Waals surface area contributed by atoms with E-state index in [2.05, 4.69) is 31.3 Å². The predicted molar refractivity (Wildman–Crippen MR) is 65.1 cm³/mol. The van der Waals surface area contributed by atoms with Gasteiger partial charge in [-0.25, -0.2) is 0 Å². The van der Waals surface area contributed by atoms with Crippen LogP contribution in [-0.4, -0.2) is 26.5 Å². The summed E-state index contributed by atoms with van der Waals surface area (Å²) in [6.45, 7) is 5.37. The molecule has 0 aliphatic carbocycles. The average molecular weight is 221 g/mol. The minimum Gasteiger partial charge on any atom is -0.496 e. The number of carbonyl (C=O) groups excluding carboxylic acids is 1. The Kier molecular flexibility index (Phi) is 4.99. The summed E-state index contributed by atoms with van der Waals surface area (Å²) in [6, 6.07) is 4.21. The van der Waals surface area contributed by atoms with E-state index < -0.39 is 0 Å². The van der Waals surface area contributed by atoms with E-state index in [-0.39, 0.29) is 0 Å². The van der Waals surface area contributed by atoms with Crippen LogP contribution in [0.15, 0.2) is 12.1 Å². The maximum absolute atomic E-state index is 10.2. The molecule has 0 aliphatic rings. The molecular formula is C13H19NO2. The summed E-state index contributed by atoms with van der Waals surface area (Å²) in [5.41, 5.74) is 3.69. The van der Waals surface area contributed by atoms with Crippen LogP contribution >= 0.6 is 0 Å². The van der Waals surface area contributed by atoms with Crippen molar-refractivity contribution in [2.45, 2.75) is 20.3 Å². The van der Waals surface area contributed by atoms with Gasteiger partial charge in [0.1, 0.15) is 12.0 Å². The maximum atomic E-state index is 10.2. The highest BCUT2D eigenvalue weighted by Crippen LogP contribution is 2.23. The molecule has 1 rings (SSSR count). The van der Waals surface area contributed by atoms with E-state index in [0.717, 1.165) is 25.0 Å². The van der Waals surface area contributed by atoms with Crippen LogP contribution in [0.2, 0.25) is 0 Å². The minimum absolute atomic E-state index is 0.410. The smallest absolute Gasteiger partial charge is 0.133 e. The second-order valence-corrected chi connectivity index (χ2v) is 3.87. The van der Waals surface area contributed by atoms with Crippen molar-refractivity contribution in [1.82, 2.24) is 5.32 Å². The largest absolute Gasteiger partial charge is 0.496 e. The number of ether oxygens (including phenoxy) is 1. The van der Waals surface area contributed by atoms with Crippen molar-refractivity contribution in [3.8, 4) is 5.75 Å². The molecule has 1 N–H and O–H groups in total. The molecule has 3 heteroatoms. The van der Waals surface area contributed by atoms with Gasteiger partial charge in [-0.2, -0.15) is 0 Å². The number of aldehydes is 1. The van der Waals surface area contributed by atoms with Crippen LogP contribution in [0.5, 0.6) is 5.75 Å². The van der Waals surface area contributed by atoms with E-state index >= 15 is 0 Å². The molecule has 0 amide bonds. The molecule has 0 aromatic heterocycles. The van der Waals surface area contributed by atoms with Crippen LogP contribution in [0.4, 0.5) is 0 Å². The van der Waals surface area contributed by atoms with Gasteiger partial charge in [0.05, 0.1) is 13.7 Å². The number of hydrogen-bond donors (Lipinski definition) is 1. The summed E-state index contributed by atoms with van der Waals surface area (Å²) >= 11 is 0.